The maximum atomic E-state index is 13.2. The molecule has 2 rings (SSSR count). The third-order valence-electron chi connectivity index (χ3n) is 3.60. The Morgan fingerprint density at radius 2 is 2.33 bits per heavy atom. The Morgan fingerprint density at radius 1 is 1.50 bits per heavy atom. The fourth-order valence-electron chi connectivity index (χ4n) is 2.47. The van der Waals surface area contributed by atoms with Gasteiger partial charge in [-0.25, -0.2) is 4.39 Å². The zero-order valence-corrected chi connectivity index (χ0v) is 10.8. The molecule has 0 aromatic heterocycles. The van der Waals surface area contributed by atoms with Crippen molar-refractivity contribution in [3.8, 4) is 5.75 Å². The molecule has 1 saturated heterocycles. The number of piperidine rings is 1. The van der Waals surface area contributed by atoms with Crippen LogP contribution < -0.4 is 5.32 Å². The van der Waals surface area contributed by atoms with Crippen LogP contribution in [0.4, 0.5) is 4.39 Å². The van der Waals surface area contributed by atoms with Crippen LogP contribution >= 0.6 is 0 Å². The molecular weight excluding hydrogens is 231 g/mol. The van der Waals surface area contributed by atoms with Crippen molar-refractivity contribution in [1.29, 1.82) is 0 Å². The average Bonchev–Trinajstić information content (AvgIpc) is 2.41. The van der Waals surface area contributed by atoms with E-state index >= 15 is 0 Å². The Bertz CT molecular complexity index is 397. The Hall–Kier alpha value is -1.13. The summed E-state index contributed by atoms with van der Waals surface area (Å²) in [4.78, 5) is 2.41. The number of phenolic OH excluding ortho intramolecular Hbond substituents is 1. The number of nitrogens with one attached hydrogen (secondary N) is 1. The molecule has 0 spiro atoms. The smallest absolute Gasteiger partial charge is 0.165 e. The summed E-state index contributed by atoms with van der Waals surface area (Å²) in [5, 5.41) is 13.0. The number of benzene rings is 1. The molecule has 100 valence electrons. The molecule has 0 aliphatic carbocycles. The summed E-state index contributed by atoms with van der Waals surface area (Å²) in [6.45, 7) is 5.96. The quantitative estimate of drug-likeness (QED) is 0.861. The molecule has 1 aromatic carbocycles. The monoisotopic (exact) mass is 252 g/mol. The Balaban J connectivity index is 1.89. The van der Waals surface area contributed by atoms with Crippen LogP contribution in [0.5, 0.6) is 5.75 Å². The third-order valence-corrected chi connectivity index (χ3v) is 3.60. The Labute approximate surface area is 108 Å². The highest BCUT2D eigenvalue weighted by molar-refractivity contribution is 5.33. The summed E-state index contributed by atoms with van der Waals surface area (Å²) in [7, 11) is 0. The van der Waals surface area contributed by atoms with Gasteiger partial charge in [0.2, 0.25) is 0 Å². The standard InChI is InChI=1S/C14H21FN2O/c1-2-17-8-4-6-12(10-17)16-9-11-5-3-7-13(15)14(11)18/h3,5,7,12,16,18H,2,4,6,8-10H2,1H3. The van der Waals surface area contributed by atoms with Crippen molar-refractivity contribution in [2.24, 2.45) is 0 Å². The molecule has 1 unspecified atom stereocenters. The van der Waals surface area contributed by atoms with Gasteiger partial charge in [-0.1, -0.05) is 19.1 Å². The van der Waals surface area contributed by atoms with Crippen molar-refractivity contribution in [1.82, 2.24) is 10.2 Å². The number of para-hydroxylation sites is 1. The van der Waals surface area contributed by atoms with Crippen LogP contribution in [0.2, 0.25) is 0 Å². The number of halogens is 1. The second kappa shape index (κ2) is 6.16. The first kappa shape index (κ1) is 13.3. The van der Waals surface area contributed by atoms with E-state index in [2.05, 4.69) is 17.1 Å². The van der Waals surface area contributed by atoms with E-state index in [1.54, 1.807) is 12.1 Å². The normalized spacial score (nSPS) is 21.1. The lowest BCUT2D eigenvalue weighted by molar-refractivity contribution is 0.198. The molecule has 18 heavy (non-hydrogen) atoms. The van der Waals surface area contributed by atoms with E-state index in [0.717, 1.165) is 19.5 Å². The summed E-state index contributed by atoms with van der Waals surface area (Å²) >= 11 is 0. The van der Waals surface area contributed by atoms with Crippen molar-refractivity contribution in [3.63, 3.8) is 0 Å². The van der Waals surface area contributed by atoms with Crippen LogP contribution in [-0.4, -0.2) is 35.7 Å². The molecule has 3 nitrogen and oxygen atoms in total. The molecular formula is C14H21FN2O. The fraction of sp³-hybridized carbons (Fsp3) is 0.571. The van der Waals surface area contributed by atoms with Gasteiger partial charge in [0.25, 0.3) is 0 Å². The van der Waals surface area contributed by atoms with Crippen molar-refractivity contribution < 1.29 is 9.50 Å². The number of likely N-dealkylation sites (N-methyl/N-ethyl adjacent to an activating group) is 1. The lowest BCUT2D eigenvalue weighted by Crippen LogP contribution is -2.45. The van der Waals surface area contributed by atoms with Gasteiger partial charge in [-0.2, -0.15) is 0 Å². The maximum Gasteiger partial charge on any atom is 0.165 e. The molecule has 0 saturated carbocycles. The SMILES string of the molecule is CCN1CCCC(NCc2cccc(F)c2O)C1. The number of rotatable bonds is 4. The van der Waals surface area contributed by atoms with Gasteiger partial charge in [0.15, 0.2) is 11.6 Å². The summed E-state index contributed by atoms with van der Waals surface area (Å²) in [5.41, 5.74) is 0.628. The topological polar surface area (TPSA) is 35.5 Å². The van der Waals surface area contributed by atoms with Gasteiger partial charge in [0, 0.05) is 24.7 Å². The fourth-order valence-corrected chi connectivity index (χ4v) is 2.47. The largest absolute Gasteiger partial charge is 0.505 e. The van der Waals surface area contributed by atoms with E-state index < -0.39 is 5.82 Å². The van der Waals surface area contributed by atoms with E-state index in [9.17, 15) is 9.50 Å². The number of phenols is 1. The highest BCUT2D eigenvalue weighted by Crippen LogP contribution is 2.21. The van der Waals surface area contributed by atoms with Gasteiger partial charge in [0.05, 0.1) is 0 Å². The Kier molecular flexibility index (Phi) is 4.55. The average molecular weight is 252 g/mol. The molecule has 0 amide bonds. The Morgan fingerprint density at radius 3 is 3.11 bits per heavy atom. The number of hydrogen-bond acceptors (Lipinski definition) is 3. The van der Waals surface area contributed by atoms with Crippen LogP contribution in [0, 0.1) is 5.82 Å². The molecule has 1 atom stereocenters. The van der Waals surface area contributed by atoms with E-state index in [0.29, 0.717) is 18.2 Å². The van der Waals surface area contributed by atoms with E-state index in [-0.39, 0.29) is 5.75 Å². The molecule has 1 aromatic rings. The predicted molar refractivity (Wildman–Crippen MR) is 70.0 cm³/mol. The highest BCUT2D eigenvalue weighted by atomic mass is 19.1. The first-order valence-corrected chi connectivity index (χ1v) is 6.62. The van der Waals surface area contributed by atoms with E-state index in [1.165, 1.54) is 19.0 Å². The van der Waals surface area contributed by atoms with Gasteiger partial charge in [-0.05, 0) is 32.0 Å². The van der Waals surface area contributed by atoms with Crippen LogP contribution in [0.15, 0.2) is 18.2 Å². The molecule has 1 aliphatic heterocycles. The summed E-state index contributed by atoms with van der Waals surface area (Å²) in [6, 6.07) is 5.09. The van der Waals surface area contributed by atoms with Gasteiger partial charge in [-0.15, -0.1) is 0 Å². The maximum absolute atomic E-state index is 13.2. The van der Waals surface area contributed by atoms with Crippen molar-refractivity contribution in [2.45, 2.75) is 32.4 Å². The molecule has 1 fully saturated rings. The molecule has 1 heterocycles. The first-order valence-electron chi connectivity index (χ1n) is 6.62. The van der Waals surface area contributed by atoms with Gasteiger partial charge < -0.3 is 15.3 Å². The molecule has 2 N–H and O–H groups in total. The lowest BCUT2D eigenvalue weighted by Gasteiger charge is -2.32. The number of nitrogens with zero attached hydrogens (tertiary/aromatic N) is 1. The second-order valence-corrected chi connectivity index (χ2v) is 4.86. The number of aromatic hydroxyl groups is 1. The molecule has 4 heteroatoms. The lowest BCUT2D eigenvalue weighted by atomic mass is 10.1. The minimum atomic E-state index is -0.548. The minimum absolute atomic E-state index is 0.229. The zero-order valence-electron chi connectivity index (χ0n) is 10.8. The van der Waals surface area contributed by atoms with Crippen molar-refractivity contribution >= 4 is 0 Å². The van der Waals surface area contributed by atoms with Crippen molar-refractivity contribution in [3.05, 3.63) is 29.6 Å². The van der Waals surface area contributed by atoms with Crippen LogP contribution in [0.3, 0.4) is 0 Å². The van der Waals surface area contributed by atoms with Crippen LogP contribution in [0.25, 0.3) is 0 Å². The second-order valence-electron chi connectivity index (χ2n) is 4.86. The predicted octanol–water partition coefficient (Wildman–Crippen LogP) is 2.11. The third kappa shape index (κ3) is 3.21. The minimum Gasteiger partial charge on any atom is -0.505 e. The van der Waals surface area contributed by atoms with E-state index in [4.69, 9.17) is 0 Å². The van der Waals surface area contributed by atoms with Gasteiger partial charge >= 0.3 is 0 Å². The first-order chi connectivity index (χ1) is 8.70. The van der Waals surface area contributed by atoms with Crippen molar-refractivity contribution in [2.75, 3.05) is 19.6 Å². The van der Waals surface area contributed by atoms with Crippen LogP contribution in [0.1, 0.15) is 25.3 Å². The summed E-state index contributed by atoms with van der Waals surface area (Å²) in [6.07, 6.45) is 2.34. The number of likely N-dealkylation sites (tertiary alicyclic amines) is 1. The zero-order chi connectivity index (χ0) is 13.0. The highest BCUT2D eigenvalue weighted by Gasteiger charge is 2.18. The molecule has 0 radical (unpaired) electrons. The summed E-state index contributed by atoms with van der Waals surface area (Å²) < 4.78 is 13.2. The molecule has 1 aliphatic rings. The van der Waals surface area contributed by atoms with Gasteiger partial charge in [0.1, 0.15) is 0 Å². The number of hydrogen-bond donors (Lipinski definition) is 2. The molecule has 0 bridgehead atoms. The van der Waals surface area contributed by atoms with E-state index in [1.807, 2.05) is 0 Å². The van der Waals surface area contributed by atoms with Gasteiger partial charge in [-0.3, -0.25) is 0 Å². The summed E-state index contributed by atoms with van der Waals surface area (Å²) in [5.74, 6) is -0.777. The van der Waals surface area contributed by atoms with Crippen LogP contribution in [-0.2, 0) is 6.54 Å².